The zero-order chi connectivity index (χ0) is 13.9. The molecule has 1 fully saturated rings. The molecule has 3 unspecified atom stereocenters. The van der Waals surface area contributed by atoms with E-state index in [2.05, 4.69) is 5.92 Å². The molecule has 0 bridgehead atoms. The molecule has 0 aromatic heterocycles. The van der Waals surface area contributed by atoms with E-state index in [1.54, 1.807) is 7.11 Å². The highest BCUT2D eigenvalue weighted by molar-refractivity contribution is 5.71. The second kappa shape index (κ2) is 5.46. The summed E-state index contributed by atoms with van der Waals surface area (Å²) in [6.07, 6.45) is 7.29. The quantitative estimate of drug-likeness (QED) is 0.848. The largest absolute Gasteiger partial charge is 0.481 e. The normalized spacial score (nSPS) is 30.5. The molecule has 0 heterocycles. The van der Waals surface area contributed by atoms with Crippen LogP contribution in [0, 0.1) is 18.3 Å². The number of terminal acetylenes is 1. The van der Waals surface area contributed by atoms with Crippen molar-refractivity contribution in [3.63, 3.8) is 0 Å². The van der Waals surface area contributed by atoms with E-state index >= 15 is 0 Å². The Labute approximate surface area is 113 Å². The summed E-state index contributed by atoms with van der Waals surface area (Å²) in [6, 6.07) is 9.69. The topological polar surface area (TPSA) is 46.5 Å². The zero-order valence-electron chi connectivity index (χ0n) is 11.0. The predicted octanol–water partition coefficient (Wildman–Crippen LogP) is 2.67. The highest BCUT2D eigenvalue weighted by Gasteiger charge is 2.43. The Morgan fingerprint density at radius 2 is 2.16 bits per heavy atom. The molecular formula is C16H18O3. The summed E-state index contributed by atoms with van der Waals surface area (Å²) in [7, 11) is 1.60. The first kappa shape index (κ1) is 13.6. The van der Waals surface area contributed by atoms with Gasteiger partial charge in [-0.2, -0.15) is 0 Å². The van der Waals surface area contributed by atoms with Gasteiger partial charge in [-0.25, -0.2) is 0 Å². The molecule has 0 aliphatic heterocycles. The van der Waals surface area contributed by atoms with Crippen LogP contribution in [0.4, 0.5) is 0 Å². The van der Waals surface area contributed by atoms with Gasteiger partial charge in [-0.1, -0.05) is 36.3 Å². The first-order valence-corrected chi connectivity index (χ1v) is 6.42. The molecule has 0 spiro atoms. The molecule has 1 aliphatic rings. The van der Waals surface area contributed by atoms with Crippen LogP contribution in [-0.2, 0) is 9.53 Å². The monoisotopic (exact) mass is 258 g/mol. The first-order valence-electron chi connectivity index (χ1n) is 6.42. The summed E-state index contributed by atoms with van der Waals surface area (Å²) in [5, 5.41) is 9.39. The van der Waals surface area contributed by atoms with Crippen molar-refractivity contribution in [1.29, 1.82) is 0 Å². The minimum absolute atomic E-state index is 0.0940. The van der Waals surface area contributed by atoms with Crippen molar-refractivity contribution < 1.29 is 14.6 Å². The van der Waals surface area contributed by atoms with E-state index < -0.39 is 11.6 Å². The van der Waals surface area contributed by atoms with Crippen molar-refractivity contribution in [3.05, 3.63) is 35.9 Å². The Hall–Kier alpha value is -1.79. The lowest BCUT2D eigenvalue weighted by Crippen LogP contribution is -2.41. The van der Waals surface area contributed by atoms with Gasteiger partial charge in [0.1, 0.15) is 5.60 Å². The summed E-state index contributed by atoms with van der Waals surface area (Å²) >= 11 is 0. The number of hydrogen-bond acceptors (Lipinski definition) is 2. The van der Waals surface area contributed by atoms with Gasteiger partial charge in [-0.05, 0) is 24.8 Å². The van der Waals surface area contributed by atoms with E-state index in [0.29, 0.717) is 19.3 Å². The van der Waals surface area contributed by atoms with Gasteiger partial charge in [-0.3, -0.25) is 4.79 Å². The number of methoxy groups -OCH3 is 1. The van der Waals surface area contributed by atoms with Crippen LogP contribution in [0.25, 0.3) is 0 Å². The maximum Gasteiger partial charge on any atom is 0.307 e. The standard InChI is InChI=1S/C16H18O3/c1-3-16(19-2)10-9-13(15(17)18)14(11-16)12-7-5-4-6-8-12/h1,4-8,13-14H,9-11H2,2H3,(H,17,18). The molecule has 1 aromatic rings. The van der Waals surface area contributed by atoms with Gasteiger partial charge in [0.05, 0.1) is 5.92 Å². The molecule has 0 amide bonds. The molecule has 3 heteroatoms. The molecule has 1 N–H and O–H groups in total. The highest BCUT2D eigenvalue weighted by atomic mass is 16.5. The predicted molar refractivity (Wildman–Crippen MR) is 72.7 cm³/mol. The number of ether oxygens (including phenoxy) is 1. The minimum Gasteiger partial charge on any atom is -0.481 e. The second-order valence-electron chi connectivity index (χ2n) is 5.05. The second-order valence-corrected chi connectivity index (χ2v) is 5.05. The van der Waals surface area contributed by atoms with E-state index in [1.807, 2.05) is 30.3 Å². The maximum atomic E-state index is 11.4. The Kier molecular flexibility index (Phi) is 3.92. The van der Waals surface area contributed by atoms with Gasteiger partial charge in [0.25, 0.3) is 0 Å². The highest BCUT2D eigenvalue weighted by Crippen LogP contribution is 2.43. The van der Waals surface area contributed by atoms with Crippen molar-refractivity contribution in [1.82, 2.24) is 0 Å². The average molecular weight is 258 g/mol. The van der Waals surface area contributed by atoms with Crippen molar-refractivity contribution in [2.45, 2.75) is 30.8 Å². The van der Waals surface area contributed by atoms with E-state index in [0.717, 1.165) is 5.56 Å². The molecule has 100 valence electrons. The molecule has 1 aromatic carbocycles. The minimum atomic E-state index is -0.754. The van der Waals surface area contributed by atoms with Gasteiger partial charge in [0, 0.05) is 13.0 Å². The van der Waals surface area contributed by atoms with E-state index in [1.165, 1.54) is 0 Å². The van der Waals surface area contributed by atoms with Crippen LogP contribution < -0.4 is 0 Å². The average Bonchev–Trinajstić information content (AvgIpc) is 2.47. The fourth-order valence-corrected chi connectivity index (χ4v) is 2.91. The molecule has 1 aliphatic carbocycles. The number of hydrogen-bond donors (Lipinski definition) is 1. The molecular weight excluding hydrogens is 240 g/mol. The smallest absolute Gasteiger partial charge is 0.307 e. The fraction of sp³-hybridized carbons (Fsp3) is 0.438. The Bertz CT molecular complexity index is 488. The van der Waals surface area contributed by atoms with Gasteiger partial charge in [0.2, 0.25) is 0 Å². The van der Waals surface area contributed by atoms with Crippen LogP contribution in [0.1, 0.15) is 30.7 Å². The molecule has 2 rings (SSSR count). The Morgan fingerprint density at radius 3 is 2.68 bits per heavy atom. The number of carboxylic acids is 1. The fourth-order valence-electron chi connectivity index (χ4n) is 2.91. The van der Waals surface area contributed by atoms with Gasteiger partial charge >= 0.3 is 5.97 Å². The molecule has 3 nitrogen and oxygen atoms in total. The van der Waals surface area contributed by atoms with Crippen molar-refractivity contribution >= 4 is 5.97 Å². The summed E-state index contributed by atoms with van der Waals surface area (Å²) < 4.78 is 5.48. The van der Waals surface area contributed by atoms with Gasteiger partial charge < -0.3 is 9.84 Å². The molecule has 0 radical (unpaired) electrons. The van der Waals surface area contributed by atoms with Crippen molar-refractivity contribution in [2.24, 2.45) is 5.92 Å². The number of carboxylic acid groups (broad SMARTS) is 1. The lowest BCUT2D eigenvalue weighted by molar-refractivity contribution is -0.145. The third-order valence-corrected chi connectivity index (χ3v) is 4.09. The van der Waals surface area contributed by atoms with Crippen LogP contribution in [-0.4, -0.2) is 23.8 Å². The first-order chi connectivity index (χ1) is 9.12. The number of benzene rings is 1. The van der Waals surface area contributed by atoms with E-state index in [4.69, 9.17) is 11.2 Å². The van der Waals surface area contributed by atoms with E-state index in [9.17, 15) is 9.90 Å². The third kappa shape index (κ3) is 2.64. The van der Waals surface area contributed by atoms with Gasteiger partial charge in [0.15, 0.2) is 0 Å². The van der Waals surface area contributed by atoms with Crippen LogP contribution in [0.3, 0.4) is 0 Å². The van der Waals surface area contributed by atoms with E-state index in [-0.39, 0.29) is 11.8 Å². The summed E-state index contributed by atoms with van der Waals surface area (Å²) in [4.78, 5) is 11.4. The lowest BCUT2D eigenvalue weighted by Gasteiger charge is -2.39. The zero-order valence-corrected chi connectivity index (χ0v) is 11.0. The van der Waals surface area contributed by atoms with Crippen molar-refractivity contribution in [2.75, 3.05) is 7.11 Å². The van der Waals surface area contributed by atoms with Gasteiger partial charge in [-0.15, -0.1) is 6.42 Å². The summed E-state index contributed by atoms with van der Waals surface area (Å²) in [6.45, 7) is 0. The Morgan fingerprint density at radius 1 is 1.47 bits per heavy atom. The maximum absolute atomic E-state index is 11.4. The third-order valence-electron chi connectivity index (χ3n) is 4.09. The number of carbonyl (C=O) groups is 1. The summed E-state index contributed by atoms with van der Waals surface area (Å²) in [5.74, 6) is 1.47. The lowest BCUT2D eigenvalue weighted by atomic mass is 9.69. The van der Waals surface area contributed by atoms with Crippen molar-refractivity contribution in [3.8, 4) is 12.3 Å². The summed E-state index contributed by atoms with van der Waals surface area (Å²) in [5.41, 5.74) is 0.387. The SMILES string of the molecule is C#CC1(OC)CCC(C(=O)O)C(c2ccccc2)C1. The van der Waals surface area contributed by atoms with Crippen LogP contribution in [0.15, 0.2) is 30.3 Å². The molecule has 1 saturated carbocycles. The Balaban J connectivity index is 2.34. The number of aliphatic carboxylic acids is 1. The molecule has 19 heavy (non-hydrogen) atoms. The molecule has 3 atom stereocenters. The van der Waals surface area contributed by atoms with Crippen LogP contribution >= 0.6 is 0 Å². The number of rotatable bonds is 3. The van der Waals surface area contributed by atoms with Crippen LogP contribution in [0.2, 0.25) is 0 Å². The van der Waals surface area contributed by atoms with Crippen LogP contribution in [0.5, 0.6) is 0 Å². The molecule has 0 saturated heterocycles.